The van der Waals surface area contributed by atoms with Crippen molar-refractivity contribution in [3.05, 3.63) is 59.7 Å². The first-order chi connectivity index (χ1) is 9.54. The van der Waals surface area contributed by atoms with Gasteiger partial charge in [-0.3, -0.25) is 0 Å². The smallest absolute Gasteiger partial charge is 0.168 e. The molecule has 2 rings (SSSR count). The molecule has 0 unspecified atom stereocenters. The van der Waals surface area contributed by atoms with Gasteiger partial charge < -0.3 is 15.8 Å². The molecule has 0 amide bonds. The maximum absolute atomic E-state index is 13.0. The molecule has 0 fully saturated rings. The van der Waals surface area contributed by atoms with E-state index in [0.29, 0.717) is 17.0 Å². The zero-order valence-electron chi connectivity index (χ0n) is 10.4. The topological polar surface area (TPSA) is 47.3 Å². The summed E-state index contributed by atoms with van der Waals surface area (Å²) in [5.74, 6) is -1.21. The summed E-state index contributed by atoms with van der Waals surface area (Å²) < 4.78 is 31.3. The Balaban J connectivity index is 2.03. The highest BCUT2D eigenvalue weighted by molar-refractivity contribution is 7.80. The second kappa shape index (κ2) is 6.29. The highest BCUT2D eigenvalue weighted by atomic mass is 32.1. The highest BCUT2D eigenvalue weighted by Crippen LogP contribution is 2.19. The van der Waals surface area contributed by atoms with Gasteiger partial charge in [0.2, 0.25) is 0 Å². The van der Waals surface area contributed by atoms with Crippen molar-refractivity contribution in [3.8, 4) is 5.75 Å². The first-order valence-electron chi connectivity index (χ1n) is 5.78. The normalized spacial score (nSPS) is 10.1. The fraction of sp³-hybridized carbons (Fsp3) is 0.0714. The number of rotatable bonds is 4. The predicted molar refractivity (Wildman–Crippen MR) is 77.5 cm³/mol. The number of ether oxygens (including phenoxy) is 1. The fourth-order valence-corrected chi connectivity index (χ4v) is 1.72. The van der Waals surface area contributed by atoms with Crippen LogP contribution in [0.15, 0.2) is 42.5 Å². The Bertz CT molecular complexity index is 634. The van der Waals surface area contributed by atoms with Gasteiger partial charge in [-0.1, -0.05) is 12.1 Å². The Morgan fingerprint density at radius 2 is 1.95 bits per heavy atom. The molecule has 0 saturated carbocycles. The van der Waals surface area contributed by atoms with E-state index in [1.165, 1.54) is 6.07 Å². The van der Waals surface area contributed by atoms with E-state index in [4.69, 9.17) is 22.7 Å². The van der Waals surface area contributed by atoms with Crippen LogP contribution < -0.4 is 15.8 Å². The van der Waals surface area contributed by atoms with Gasteiger partial charge in [0, 0.05) is 11.8 Å². The summed E-state index contributed by atoms with van der Waals surface area (Å²) in [4.78, 5) is 0. The predicted octanol–water partition coefficient (Wildman–Crippen LogP) is 3.20. The van der Waals surface area contributed by atoms with Gasteiger partial charge in [0.05, 0.1) is 0 Å². The van der Waals surface area contributed by atoms with Crippen LogP contribution in [0, 0.1) is 11.6 Å². The SMILES string of the molecule is NC(=S)Nc1cccc(OCc2ccc(F)c(F)c2)c1. The van der Waals surface area contributed by atoms with E-state index in [1.807, 2.05) is 0 Å². The molecule has 0 radical (unpaired) electrons. The van der Waals surface area contributed by atoms with Gasteiger partial charge in [0.15, 0.2) is 16.7 Å². The van der Waals surface area contributed by atoms with Crippen LogP contribution in [0.1, 0.15) is 5.56 Å². The van der Waals surface area contributed by atoms with Gasteiger partial charge in [-0.25, -0.2) is 8.78 Å². The number of halogens is 2. The standard InChI is InChI=1S/C14H12F2N2OS/c15-12-5-4-9(6-13(12)16)8-19-11-3-1-2-10(7-11)18-14(17)20/h1-7H,8H2,(H3,17,18,20). The maximum Gasteiger partial charge on any atom is 0.168 e. The van der Waals surface area contributed by atoms with Crippen molar-refractivity contribution in [3.63, 3.8) is 0 Å². The lowest BCUT2D eigenvalue weighted by Gasteiger charge is -2.09. The molecular weight excluding hydrogens is 282 g/mol. The molecular formula is C14H12F2N2OS. The fourth-order valence-electron chi connectivity index (χ4n) is 1.60. The molecule has 0 atom stereocenters. The summed E-state index contributed by atoms with van der Waals surface area (Å²) in [7, 11) is 0. The van der Waals surface area contributed by atoms with E-state index in [-0.39, 0.29) is 11.7 Å². The molecule has 0 aliphatic rings. The summed E-state index contributed by atoms with van der Waals surface area (Å²) in [6.07, 6.45) is 0. The summed E-state index contributed by atoms with van der Waals surface area (Å²) in [6, 6.07) is 10.6. The van der Waals surface area contributed by atoms with Crippen LogP contribution in [0.25, 0.3) is 0 Å². The van der Waals surface area contributed by atoms with Gasteiger partial charge in [0.1, 0.15) is 12.4 Å². The minimum atomic E-state index is -0.894. The van der Waals surface area contributed by atoms with Gasteiger partial charge >= 0.3 is 0 Å². The summed E-state index contributed by atoms with van der Waals surface area (Å²) >= 11 is 4.74. The van der Waals surface area contributed by atoms with Crippen LogP contribution in [-0.2, 0) is 6.61 Å². The number of hydrogen-bond acceptors (Lipinski definition) is 2. The summed E-state index contributed by atoms with van der Waals surface area (Å²) in [6.45, 7) is 0.133. The molecule has 104 valence electrons. The first-order valence-corrected chi connectivity index (χ1v) is 6.18. The highest BCUT2D eigenvalue weighted by Gasteiger charge is 2.03. The summed E-state index contributed by atoms with van der Waals surface area (Å²) in [5, 5.41) is 2.93. The molecule has 0 heterocycles. The zero-order chi connectivity index (χ0) is 14.5. The molecule has 2 aromatic rings. The molecule has 6 heteroatoms. The Kier molecular flexibility index (Phi) is 4.47. The molecule has 3 N–H and O–H groups in total. The van der Waals surface area contributed by atoms with E-state index in [2.05, 4.69) is 5.32 Å². The third-order valence-corrected chi connectivity index (χ3v) is 2.59. The molecule has 0 aliphatic heterocycles. The van der Waals surface area contributed by atoms with Crippen molar-refractivity contribution < 1.29 is 13.5 Å². The molecule has 2 aromatic carbocycles. The Hall–Kier alpha value is -2.21. The van der Waals surface area contributed by atoms with E-state index >= 15 is 0 Å². The maximum atomic E-state index is 13.0. The molecule has 0 aliphatic carbocycles. The average Bonchev–Trinajstić information content (AvgIpc) is 2.40. The van der Waals surface area contributed by atoms with Crippen molar-refractivity contribution in [1.29, 1.82) is 0 Å². The Labute approximate surface area is 120 Å². The van der Waals surface area contributed by atoms with Crippen LogP contribution in [0.2, 0.25) is 0 Å². The van der Waals surface area contributed by atoms with Gasteiger partial charge in [0.25, 0.3) is 0 Å². The van der Waals surface area contributed by atoms with E-state index in [1.54, 1.807) is 24.3 Å². The average molecular weight is 294 g/mol. The molecule has 0 bridgehead atoms. The van der Waals surface area contributed by atoms with Gasteiger partial charge in [-0.2, -0.15) is 0 Å². The number of hydrogen-bond donors (Lipinski definition) is 2. The van der Waals surface area contributed by atoms with Crippen molar-refractivity contribution in [2.75, 3.05) is 5.32 Å². The van der Waals surface area contributed by atoms with Crippen molar-refractivity contribution in [2.24, 2.45) is 5.73 Å². The van der Waals surface area contributed by atoms with Crippen molar-refractivity contribution >= 4 is 23.0 Å². The second-order valence-corrected chi connectivity index (χ2v) is 4.49. The van der Waals surface area contributed by atoms with Crippen molar-refractivity contribution in [1.82, 2.24) is 0 Å². The lowest BCUT2D eigenvalue weighted by atomic mass is 10.2. The number of anilines is 1. The number of nitrogens with two attached hydrogens (primary N) is 1. The molecule has 3 nitrogen and oxygen atoms in total. The minimum absolute atomic E-state index is 0.133. The number of nitrogens with one attached hydrogen (secondary N) is 1. The van der Waals surface area contributed by atoms with E-state index < -0.39 is 11.6 Å². The zero-order valence-corrected chi connectivity index (χ0v) is 11.2. The van der Waals surface area contributed by atoms with Crippen LogP contribution >= 0.6 is 12.2 Å². The first kappa shape index (κ1) is 14.2. The number of thiocarbonyl (C=S) groups is 1. The van der Waals surface area contributed by atoms with Gasteiger partial charge in [-0.05, 0) is 42.0 Å². The third-order valence-electron chi connectivity index (χ3n) is 2.49. The molecule has 0 spiro atoms. The lowest BCUT2D eigenvalue weighted by molar-refractivity contribution is 0.305. The molecule has 20 heavy (non-hydrogen) atoms. The number of benzene rings is 2. The van der Waals surface area contributed by atoms with Crippen LogP contribution in [-0.4, -0.2) is 5.11 Å². The van der Waals surface area contributed by atoms with E-state index in [0.717, 1.165) is 12.1 Å². The van der Waals surface area contributed by atoms with Gasteiger partial charge in [-0.15, -0.1) is 0 Å². The van der Waals surface area contributed by atoms with Crippen LogP contribution in [0.5, 0.6) is 5.75 Å². The molecule has 0 aromatic heterocycles. The largest absolute Gasteiger partial charge is 0.489 e. The second-order valence-electron chi connectivity index (χ2n) is 4.05. The quantitative estimate of drug-likeness (QED) is 0.850. The van der Waals surface area contributed by atoms with E-state index in [9.17, 15) is 8.78 Å². The van der Waals surface area contributed by atoms with Crippen LogP contribution in [0.3, 0.4) is 0 Å². The lowest BCUT2D eigenvalue weighted by Crippen LogP contribution is -2.18. The monoisotopic (exact) mass is 294 g/mol. The Morgan fingerprint density at radius 1 is 1.15 bits per heavy atom. The molecule has 0 saturated heterocycles. The third kappa shape index (κ3) is 3.89. The Morgan fingerprint density at radius 3 is 2.65 bits per heavy atom. The summed E-state index contributed by atoms with van der Waals surface area (Å²) in [5.41, 5.74) is 6.61. The van der Waals surface area contributed by atoms with Crippen molar-refractivity contribution in [2.45, 2.75) is 6.61 Å². The minimum Gasteiger partial charge on any atom is -0.489 e. The van der Waals surface area contributed by atoms with Crippen LogP contribution in [0.4, 0.5) is 14.5 Å².